The Labute approximate surface area is 367 Å². The van der Waals surface area contributed by atoms with Crippen LogP contribution >= 0.6 is 0 Å². The Morgan fingerprint density at radius 1 is 0.241 bits per heavy atom. The number of pyridine rings is 2. The first-order chi connectivity index (χ1) is 25.9. The van der Waals surface area contributed by atoms with Gasteiger partial charge in [-0.2, -0.15) is 0 Å². The molecule has 2 aromatic carbocycles. The van der Waals surface area contributed by atoms with Crippen LogP contribution in [0.3, 0.4) is 0 Å². The van der Waals surface area contributed by atoms with Gasteiger partial charge >= 0.3 is 0 Å². The van der Waals surface area contributed by atoms with Crippen molar-refractivity contribution < 1.29 is 57.1 Å². The number of aromatic nitrogens is 2. The van der Waals surface area contributed by atoms with E-state index < -0.39 is 0 Å². The molecule has 2 heterocycles. The Bertz CT molecular complexity index is 1330. The zero-order chi connectivity index (χ0) is 36.0. The highest BCUT2D eigenvalue weighted by atomic mass is 127. The highest BCUT2D eigenvalue weighted by molar-refractivity contribution is 5.80. The average Bonchev–Trinajstić information content (AvgIpc) is 3.18. The number of nitrogens with zero attached hydrogens (tertiary/aromatic N) is 2. The maximum atomic E-state index is 2.37. The van der Waals surface area contributed by atoms with Gasteiger partial charge in [-0.15, -0.1) is 0 Å². The molecule has 0 bridgehead atoms. The monoisotopic (exact) mass is 960 g/mol. The lowest BCUT2D eigenvalue weighted by Crippen LogP contribution is -3.00. The van der Waals surface area contributed by atoms with Crippen molar-refractivity contribution in [2.75, 3.05) is 0 Å². The van der Waals surface area contributed by atoms with E-state index >= 15 is 0 Å². The summed E-state index contributed by atoms with van der Waals surface area (Å²) in [6, 6.07) is 21.8. The van der Waals surface area contributed by atoms with Crippen molar-refractivity contribution in [2.45, 2.75) is 206 Å². The van der Waals surface area contributed by atoms with Gasteiger partial charge in [0.2, 0.25) is 0 Å². The fourth-order valence-corrected chi connectivity index (χ4v) is 8.17. The second-order valence-electron chi connectivity index (χ2n) is 16.2. The normalized spacial score (nSPS) is 11.2. The lowest BCUT2D eigenvalue weighted by molar-refractivity contribution is -0.696. The van der Waals surface area contributed by atoms with Crippen molar-refractivity contribution in [3.8, 4) is 0 Å². The van der Waals surface area contributed by atoms with Gasteiger partial charge in [0.15, 0.2) is 24.8 Å². The van der Waals surface area contributed by atoms with E-state index in [1.165, 1.54) is 214 Å². The summed E-state index contributed by atoms with van der Waals surface area (Å²) in [6.45, 7) is 2.31. The van der Waals surface area contributed by atoms with E-state index in [-0.39, 0.29) is 48.0 Å². The van der Waals surface area contributed by atoms with Gasteiger partial charge in [-0.3, -0.25) is 0 Å². The first-order valence-electron chi connectivity index (χ1n) is 22.6. The number of aryl methyl sites for hydroxylation is 2. The lowest BCUT2D eigenvalue weighted by Gasteiger charge is -2.05. The maximum absolute atomic E-state index is 2.37. The molecule has 4 rings (SSSR count). The molecule has 4 heteroatoms. The minimum Gasteiger partial charge on any atom is -1.00 e. The summed E-state index contributed by atoms with van der Waals surface area (Å²) < 4.78 is 4.73. The second-order valence-corrected chi connectivity index (χ2v) is 16.2. The molecule has 4 aromatic rings. The summed E-state index contributed by atoms with van der Waals surface area (Å²) in [7, 11) is 0. The summed E-state index contributed by atoms with van der Waals surface area (Å²) in [6.07, 6.45) is 52.4. The predicted molar refractivity (Wildman–Crippen MR) is 227 cm³/mol. The van der Waals surface area contributed by atoms with Crippen molar-refractivity contribution in [1.82, 2.24) is 0 Å². The number of fused-ring (bicyclic) bond motifs is 2. The van der Waals surface area contributed by atoms with Crippen LogP contribution in [0.5, 0.6) is 0 Å². The number of rotatable bonds is 33. The molecule has 0 aliphatic carbocycles. The summed E-state index contributed by atoms with van der Waals surface area (Å²) in [4.78, 5) is 0. The van der Waals surface area contributed by atoms with Crippen LogP contribution in [0.15, 0.2) is 85.5 Å². The van der Waals surface area contributed by atoms with Crippen molar-refractivity contribution in [3.05, 3.63) is 85.5 Å². The Morgan fingerprint density at radius 2 is 0.444 bits per heavy atom. The molecule has 2 aromatic heterocycles. The topological polar surface area (TPSA) is 7.76 Å². The minimum atomic E-state index is 0. The zero-order valence-corrected chi connectivity index (χ0v) is 38.7. The van der Waals surface area contributed by atoms with E-state index in [4.69, 9.17) is 0 Å². The van der Waals surface area contributed by atoms with Gasteiger partial charge in [0.25, 0.3) is 0 Å². The van der Waals surface area contributed by atoms with Gasteiger partial charge in [-0.05, 0) is 35.7 Å². The molecule has 0 aliphatic rings. The number of benzene rings is 2. The molecule has 0 N–H and O–H groups in total. The van der Waals surface area contributed by atoms with E-state index in [1.54, 1.807) is 0 Å². The molecule has 0 fully saturated rings. The predicted octanol–water partition coefficient (Wildman–Crippen LogP) is 8.98. The van der Waals surface area contributed by atoms with Gasteiger partial charge in [0.05, 0.1) is 0 Å². The Kier molecular flexibility index (Phi) is 30.6. The fourth-order valence-electron chi connectivity index (χ4n) is 8.17. The molecule has 2 nitrogen and oxygen atoms in total. The Balaban J connectivity index is 0.00000504. The molecule has 0 aliphatic heterocycles. The van der Waals surface area contributed by atoms with Gasteiger partial charge in [-0.1, -0.05) is 203 Å². The molecular formula is C50H78I2N2. The van der Waals surface area contributed by atoms with Crippen LogP contribution in [-0.2, 0) is 13.1 Å². The third kappa shape index (κ3) is 23.1. The average molecular weight is 961 g/mol. The molecule has 0 saturated heterocycles. The van der Waals surface area contributed by atoms with Crippen LogP contribution in [0.1, 0.15) is 193 Å². The minimum absolute atomic E-state index is 0. The van der Waals surface area contributed by atoms with E-state index in [2.05, 4.69) is 94.6 Å². The number of unbranched alkanes of at least 4 members (excludes halogenated alkanes) is 29. The van der Waals surface area contributed by atoms with Crippen LogP contribution < -0.4 is 57.1 Å². The maximum Gasteiger partial charge on any atom is 0.176 e. The summed E-state index contributed by atoms with van der Waals surface area (Å²) in [5, 5.41) is 5.38. The van der Waals surface area contributed by atoms with Crippen LogP contribution in [0, 0.1) is 0 Å². The van der Waals surface area contributed by atoms with Gasteiger partial charge < -0.3 is 48.0 Å². The first-order valence-corrected chi connectivity index (χ1v) is 22.6. The van der Waals surface area contributed by atoms with Gasteiger partial charge in [-0.25, -0.2) is 9.13 Å². The van der Waals surface area contributed by atoms with Crippen LogP contribution in [0.2, 0.25) is 0 Å². The summed E-state index contributed by atoms with van der Waals surface area (Å²) in [5.74, 6) is 0. The van der Waals surface area contributed by atoms with Crippen LogP contribution in [0.4, 0.5) is 0 Å². The third-order valence-corrected chi connectivity index (χ3v) is 11.6. The van der Waals surface area contributed by atoms with Crippen LogP contribution in [-0.4, -0.2) is 0 Å². The highest BCUT2D eigenvalue weighted by Gasteiger charge is 2.04. The SMILES string of the molecule is [I-].[I-].c1ccc2c[n+](CCCCCCCCCCCCCCCCCCCCCCCCCCCCCCCC[n+]3ccc4ccccc4c3)ccc2c1. The van der Waals surface area contributed by atoms with E-state index in [0.29, 0.717) is 0 Å². The molecule has 0 unspecified atom stereocenters. The molecule has 302 valence electrons. The molecular weight excluding hydrogens is 882 g/mol. The summed E-state index contributed by atoms with van der Waals surface area (Å²) >= 11 is 0. The van der Waals surface area contributed by atoms with Crippen molar-refractivity contribution in [3.63, 3.8) is 0 Å². The Morgan fingerprint density at radius 3 is 0.685 bits per heavy atom. The third-order valence-electron chi connectivity index (χ3n) is 11.6. The molecule has 0 atom stereocenters. The lowest BCUT2D eigenvalue weighted by atomic mass is 10.0. The zero-order valence-electron chi connectivity index (χ0n) is 34.4. The molecule has 0 saturated carbocycles. The number of halogens is 2. The van der Waals surface area contributed by atoms with E-state index in [9.17, 15) is 0 Å². The first kappa shape index (κ1) is 48.9. The van der Waals surface area contributed by atoms with Gasteiger partial charge in [0.1, 0.15) is 13.1 Å². The van der Waals surface area contributed by atoms with Crippen molar-refractivity contribution in [1.29, 1.82) is 0 Å². The van der Waals surface area contributed by atoms with Crippen molar-refractivity contribution in [2.24, 2.45) is 0 Å². The standard InChI is InChI=1S/C50H78N2.2HI/c1(3-5-7-9-11-13-15-17-19-21-23-25-27-33-41-51-43-39-47-35-29-31-37-49(47)45-51)2-4-6-8-10-12-14-16-18-20-22-24-26-28-34-42-52-44-40-48-36-30-32-38-50(48)46-52;;/h29-32,35-40,43-46H,1-28,33-34,41-42H2;2*1H/q+2;;/p-2. The Hall–Kier alpha value is -1.28. The number of hydrogen-bond donors (Lipinski definition) is 0. The second kappa shape index (κ2) is 33.8. The summed E-state index contributed by atoms with van der Waals surface area (Å²) in [5.41, 5.74) is 0. The fraction of sp³-hybridized carbons (Fsp3) is 0.640. The molecule has 54 heavy (non-hydrogen) atoms. The van der Waals surface area contributed by atoms with Gasteiger partial charge in [0, 0.05) is 35.7 Å². The van der Waals surface area contributed by atoms with E-state index in [0.717, 1.165) is 13.1 Å². The smallest absolute Gasteiger partial charge is 0.176 e. The quantitative estimate of drug-likeness (QED) is 0.0256. The van der Waals surface area contributed by atoms with Crippen LogP contribution in [0.25, 0.3) is 21.5 Å². The highest BCUT2D eigenvalue weighted by Crippen LogP contribution is 2.17. The largest absolute Gasteiger partial charge is 1.00 e. The number of hydrogen-bond acceptors (Lipinski definition) is 0. The molecule has 0 amide bonds. The molecule has 0 radical (unpaired) electrons. The van der Waals surface area contributed by atoms with Crippen molar-refractivity contribution >= 4 is 21.5 Å². The van der Waals surface area contributed by atoms with E-state index in [1.807, 2.05) is 0 Å². The molecule has 0 spiro atoms.